The first-order chi connectivity index (χ1) is 14.0. The number of carbonyl (C=O) groups excluding carboxylic acids is 1. The van der Waals surface area contributed by atoms with Crippen molar-refractivity contribution in [3.05, 3.63) is 59.1 Å². The maximum Gasteiger partial charge on any atom is 0.252 e. The number of ether oxygens (including phenoxy) is 1. The average molecular weight is 466 g/mol. The van der Waals surface area contributed by atoms with Gasteiger partial charge in [-0.3, -0.25) is 9.69 Å². The summed E-state index contributed by atoms with van der Waals surface area (Å²) in [6.45, 7) is 3.83. The van der Waals surface area contributed by atoms with Crippen LogP contribution in [0.5, 0.6) is 5.75 Å². The van der Waals surface area contributed by atoms with Crippen LogP contribution in [0.4, 0.5) is 5.13 Å². The summed E-state index contributed by atoms with van der Waals surface area (Å²) in [5, 5.41) is 1.28. The highest BCUT2D eigenvalue weighted by Crippen LogP contribution is 2.32. The minimum Gasteiger partial charge on any atom is -0.494 e. The Morgan fingerprint density at radius 2 is 1.97 bits per heavy atom. The normalized spacial score (nSPS) is 11.1. The van der Waals surface area contributed by atoms with Crippen molar-refractivity contribution in [3.63, 3.8) is 0 Å². The summed E-state index contributed by atoms with van der Waals surface area (Å²) >= 11 is 7.68. The van der Waals surface area contributed by atoms with Gasteiger partial charge >= 0.3 is 0 Å². The molecular formula is C22H25Cl2N3O2S. The molecule has 0 aliphatic heterocycles. The highest BCUT2D eigenvalue weighted by Gasteiger charge is 2.18. The number of aromatic nitrogens is 1. The van der Waals surface area contributed by atoms with Gasteiger partial charge in [0.05, 0.1) is 16.8 Å². The van der Waals surface area contributed by atoms with Gasteiger partial charge in [0, 0.05) is 24.2 Å². The fourth-order valence-corrected chi connectivity index (χ4v) is 3.95. The van der Waals surface area contributed by atoms with Crippen LogP contribution in [0, 0.1) is 0 Å². The number of amides is 1. The zero-order chi connectivity index (χ0) is 20.8. The van der Waals surface area contributed by atoms with E-state index in [1.807, 2.05) is 62.3 Å². The van der Waals surface area contributed by atoms with Gasteiger partial charge in [0.2, 0.25) is 0 Å². The molecule has 3 aromatic rings. The molecule has 8 heteroatoms. The van der Waals surface area contributed by atoms with E-state index in [1.165, 1.54) is 11.3 Å². The number of halogens is 2. The van der Waals surface area contributed by atoms with Crippen molar-refractivity contribution in [1.29, 1.82) is 0 Å². The van der Waals surface area contributed by atoms with Gasteiger partial charge in [-0.1, -0.05) is 41.1 Å². The summed E-state index contributed by atoms with van der Waals surface area (Å²) in [4.78, 5) is 21.4. The van der Waals surface area contributed by atoms with E-state index in [9.17, 15) is 4.79 Å². The third kappa shape index (κ3) is 6.19. The molecule has 160 valence electrons. The van der Waals surface area contributed by atoms with Crippen LogP contribution in [0.2, 0.25) is 5.02 Å². The number of anilines is 1. The Balaban J connectivity index is 0.00000320. The Hall–Kier alpha value is -2.12. The summed E-state index contributed by atoms with van der Waals surface area (Å²) in [6.07, 6.45) is 3.29. The molecule has 0 N–H and O–H groups in total. The number of rotatable bonds is 8. The lowest BCUT2D eigenvalue weighted by Crippen LogP contribution is -2.35. The van der Waals surface area contributed by atoms with Gasteiger partial charge in [0.25, 0.3) is 5.91 Å². The molecule has 0 spiro atoms. The van der Waals surface area contributed by atoms with Crippen molar-refractivity contribution < 1.29 is 9.53 Å². The molecule has 0 saturated carbocycles. The van der Waals surface area contributed by atoms with E-state index in [4.69, 9.17) is 16.3 Å². The summed E-state index contributed by atoms with van der Waals surface area (Å²) in [7, 11) is 3.96. The zero-order valence-electron chi connectivity index (χ0n) is 17.2. The van der Waals surface area contributed by atoms with Crippen LogP contribution >= 0.6 is 35.3 Å². The van der Waals surface area contributed by atoms with Crippen LogP contribution in [-0.4, -0.2) is 49.6 Å². The monoisotopic (exact) mass is 465 g/mol. The van der Waals surface area contributed by atoms with Gasteiger partial charge in [0.15, 0.2) is 5.13 Å². The molecule has 0 saturated heterocycles. The Kier molecular flexibility index (Phi) is 9.11. The van der Waals surface area contributed by atoms with E-state index in [0.29, 0.717) is 23.3 Å². The molecule has 0 unspecified atom stereocenters. The Bertz CT molecular complexity index is 1020. The van der Waals surface area contributed by atoms with Crippen LogP contribution in [-0.2, 0) is 4.79 Å². The second kappa shape index (κ2) is 11.3. The third-order valence-corrected chi connectivity index (χ3v) is 5.62. The van der Waals surface area contributed by atoms with Crippen LogP contribution in [0.3, 0.4) is 0 Å². The Labute approximate surface area is 192 Å². The molecule has 1 amide bonds. The highest BCUT2D eigenvalue weighted by atomic mass is 35.5. The lowest BCUT2D eigenvalue weighted by molar-refractivity contribution is -0.114. The van der Waals surface area contributed by atoms with E-state index in [2.05, 4.69) is 4.98 Å². The van der Waals surface area contributed by atoms with E-state index in [1.54, 1.807) is 23.1 Å². The van der Waals surface area contributed by atoms with Gasteiger partial charge in [-0.05, 0) is 56.9 Å². The molecule has 0 radical (unpaired) electrons. The lowest BCUT2D eigenvalue weighted by Gasteiger charge is -2.20. The fraction of sp³-hybridized carbons (Fsp3) is 0.273. The number of likely N-dealkylation sites (N-methyl/N-ethyl adjacent to an activating group) is 1. The number of fused-ring (bicyclic) bond motifs is 1. The summed E-state index contributed by atoms with van der Waals surface area (Å²) in [5.41, 5.74) is 1.66. The van der Waals surface area contributed by atoms with Crippen molar-refractivity contribution >= 4 is 62.7 Å². The number of nitrogens with zero attached hydrogens (tertiary/aromatic N) is 3. The molecule has 30 heavy (non-hydrogen) atoms. The summed E-state index contributed by atoms with van der Waals surface area (Å²) in [5.74, 6) is 0.677. The number of benzene rings is 2. The number of carbonyl (C=O) groups is 1. The second-order valence-corrected chi connectivity index (χ2v) is 8.12. The molecule has 0 aliphatic carbocycles. The van der Waals surface area contributed by atoms with Gasteiger partial charge in [-0.2, -0.15) is 0 Å². The highest BCUT2D eigenvalue weighted by molar-refractivity contribution is 7.22. The SMILES string of the molecule is CCOc1ccc2nc(N(CCN(C)C)C(=O)C=Cc3ccccc3Cl)sc2c1.Cl. The number of hydrogen-bond acceptors (Lipinski definition) is 5. The van der Waals surface area contributed by atoms with Crippen LogP contribution in [0.15, 0.2) is 48.5 Å². The van der Waals surface area contributed by atoms with E-state index in [-0.39, 0.29) is 18.3 Å². The largest absolute Gasteiger partial charge is 0.494 e. The topological polar surface area (TPSA) is 45.7 Å². The van der Waals surface area contributed by atoms with E-state index in [0.717, 1.165) is 28.1 Å². The van der Waals surface area contributed by atoms with E-state index < -0.39 is 0 Å². The standard InChI is InChI=1S/C22H24ClN3O2S.ClH/c1-4-28-17-10-11-19-20(15-17)29-22(24-19)26(14-13-25(2)3)21(27)12-9-16-7-5-6-8-18(16)23;/h5-12,15H,4,13-14H2,1-3H3;1H. The quantitative estimate of drug-likeness (QED) is 0.419. The molecule has 3 rings (SSSR count). The van der Waals surface area contributed by atoms with Crippen molar-refractivity contribution in [2.24, 2.45) is 0 Å². The smallest absolute Gasteiger partial charge is 0.252 e. The van der Waals surface area contributed by atoms with Crippen LogP contribution in [0.25, 0.3) is 16.3 Å². The first-order valence-corrected chi connectivity index (χ1v) is 10.6. The molecule has 1 heterocycles. The average Bonchev–Trinajstić information content (AvgIpc) is 3.10. The van der Waals surface area contributed by atoms with Gasteiger partial charge < -0.3 is 9.64 Å². The minimum atomic E-state index is -0.129. The lowest BCUT2D eigenvalue weighted by atomic mass is 10.2. The molecule has 2 aromatic carbocycles. The second-order valence-electron chi connectivity index (χ2n) is 6.71. The molecule has 1 aromatic heterocycles. The third-order valence-electron chi connectivity index (χ3n) is 4.24. The predicted molar refractivity (Wildman–Crippen MR) is 129 cm³/mol. The van der Waals surface area contributed by atoms with Crippen LogP contribution in [0.1, 0.15) is 12.5 Å². The van der Waals surface area contributed by atoms with Crippen molar-refractivity contribution in [2.75, 3.05) is 38.7 Å². The first kappa shape index (κ1) is 24.2. The van der Waals surface area contributed by atoms with E-state index >= 15 is 0 Å². The van der Waals surface area contributed by atoms with Gasteiger partial charge in [-0.25, -0.2) is 4.98 Å². The molecule has 0 aliphatic rings. The maximum atomic E-state index is 13.0. The summed E-state index contributed by atoms with van der Waals surface area (Å²) < 4.78 is 6.57. The summed E-state index contributed by atoms with van der Waals surface area (Å²) in [6, 6.07) is 13.2. The number of thiazole rings is 1. The molecule has 5 nitrogen and oxygen atoms in total. The molecule has 0 atom stereocenters. The fourth-order valence-electron chi connectivity index (χ4n) is 2.73. The Morgan fingerprint density at radius 1 is 1.20 bits per heavy atom. The first-order valence-electron chi connectivity index (χ1n) is 9.40. The van der Waals surface area contributed by atoms with Crippen molar-refractivity contribution in [3.8, 4) is 5.75 Å². The molecular weight excluding hydrogens is 441 g/mol. The van der Waals surface area contributed by atoms with Crippen molar-refractivity contribution in [1.82, 2.24) is 9.88 Å². The number of hydrogen-bond donors (Lipinski definition) is 0. The van der Waals surface area contributed by atoms with Crippen LogP contribution < -0.4 is 9.64 Å². The molecule has 0 bridgehead atoms. The van der Waals surface area contributed by atoms with Crippen molar-refractivity contribution in [2.45, 2.75) is 6.92 Å². The zero-order valence-corrected chi connectivity index (χ0v) is 19.6. The Morgan fingerprint density at radius 3 is 2.67 bits per heavy atom. The predicted octanol–water partition coefficient (Wildman–Crippen LogP) is 5.38. The molecule has 0 fully saturated rings. The van der Waals surface area contributed by atoms with Gasteiger partial charge in [0.1, 0.15) is 5.75 Å². The minimum absolute atomic E-state index is 0. The van der Waals surface area contributed by atoms with Gasteiger partial charge in [-0.15, -0.1) is 12.4 Å². The maximum absolute atomic E-state index is 13.0.